The molecule has 0 saturated heterocycles. The molecule has 2 nitrogen and oxygen atoms in total. The van der Waals surface area contributed by atoms with Crippen LogP contribution in [0, 0.1) is 5.75 Å². The number of benzene rings is 1. The number of aliphatic hydroxyl groups excluding tert-OH is 1. The van der Waals surface area contributed by atoms with Gasteiger partial charge in [-0.25, -0.2) is 0 Å². The van der Waals surface area contributed by atoms with E-state index < -0.39 is 6.10 Å². The Kier molecular flexibility index (Phi) is 1.55. The molecule has 2 radical (unpaired) electrons. The Hall–Kier alpha value is -0.670. The first-order chi connectivity index (χ1) is 5.29. The van der Waals surface area contributed by atoms with E-state index in [1.165, 1.54) is 11.8 Å². The molecule has 0 aromatic heterocycles. The quantitative estimate of drug-likeness (QED) is 0.614. The molecule has 1 aromatic rings. The smallest absolute Gasteiger partial charge is 0.122 e. The van der Waals surface area contributed by atoms with Crippen LogP contribution in [0.1, 0.15) is 11.7 Å². The van der Waals surface area contributed by atoms with Crippen LogP contribution in [0.15, 0.2) is 23.1 Å². The Balaban J connectivity index is 2.58. The molecule has 0 amide bonds. The number of phenols is 1. The summed E-state index contributed by atoms with van der Waals surface area (Å²) in [5.41, 5.74) is 0.581. The lowest BCUT2D eigenvalue weighted by Gasteiger charge is -2.03. The average Bonchev–Trinajstić information content (AvgIpc) is 2.34. The van der Waals surface area contributed by atoms with Crippen LogP contribution < -0.4 is 0 Å². The van der Waals surface area contributed by atoms with Crippen molar-refractivity contribution in [1.29, 1.82) is 0 Å². The van der Waals surface area contributed by atoms with Crippen molar-refractivity contribution in [1.82, 2.24) is 0 Å². The van der Waals surface area contributed by atoms with Crippen LogP contribution >= 0.6 is 11.8 Å². The zero-order chi connectivity index (χ0) is 7.84. The van der Waals surface area contributed by atoms with Crippen LogP contribution in [-0.2, 0) is 0 Å². The van der Waals surface area contributed by atoms with Gasteiger partial charge in [-0.15, -0.1) is 11.8 Å². The first-order valence-electron chi connectivity index (χ1n) is 3.21. The summed E-state index contributed by atoms with van der Waals surface area (Å²) in [6, 6.07) is 5.17. The topological polar surface area (TPSA) is 40.5 Å². The fraction of sp³-hybridized carbons (Fsp3) is 0.125. The van der Waals surface area contributed by atoms with Crippen molar-refractivity contribution >= 4 is 11.8 Å². The predicted octanol–water partition coefficient (Wildman–Crippen LogP) is 1.57. The monoisotopic (exact) mass is 166 g/mol. The zero-order valence-corrected chi connectivity index (χ0v) is 6.43. The minimum atomic E-state index is -0.740. The highest BCUT2D eigenvalue weighted by Gasteiger charge is 2.24. The minimum absolute atomic E-state index is 0.146. The summed E-state index contributed by atoms with van der Waals surface area (Å²) >= 11 is 1.33. The Morgan fingerprint density at radius 2 is 2.27 bits per heavy atom. The van der Waals surface area contributed by atoms with Gasteiger partial charge in [0.1, 0.15) is 11.9 Å². The molecule has 56 valence electrons. The Labute approximate surface area is 68.9 Å². The summed E-state index contributed by atoms with van der Waals surface area (Å²) in [6.07, 6.45) is -0.740. The van der Waals surface area contributed by atoms with E-state index in [0.29, 0.717) is 5.56 Å². The Morgan fingerprint density at radius 1 is 1.45 bits per heavy atom. The van der Waals surface area contributed by atoms with Gasteiger partial charge in [-0.05, 0) is 12.1 Å². The third kappa shape index (κ3) is 1.01. The summed E-state index contributed by atoms with van der Waals surface area (Å²) < 4.78 is 0. The van der Waals surface area contributed by atoms with E-state index in [1.54, 1.807) is 12.1 Å². The summed E-state index contributed by atoms with van der Waals surface area (Å²) in [5, 5.41) is 18.6. The molecule has 1 aliphatic heterocycles. The van der Waals surface area contributed by atoms with E-state index in [1.807, 2.05) is 6.07 Å². The molecule has 0 fully saturated rings. The van der Waals surface area contributed by atoms with E-state index in [-0.39, 0.29) is 5.75 Å². The Morgan fingerprint density at radius 3 is 3.00 bits per heavy atom. The number of fused-ring (bicyclic) bond motifs is 1. The number of phenolic OH excluding ortho intramolecular Hbond substituents is 1. The first-order valence-corrected chi connectivity index (χ1v) is 4.03. The van der Waals surface area contributed by atoms with Gasteiger partial charge in [0.25, 0.3) is 0 Å². The second kappa shape index (κ2) is 2.43. The van der Waals surface area contributed by atoms with E-state index in [4.69, 9.17) is 0 Å². The molecule has 0 aliphatic carbocycles. The molecule has 1 heterocycles. The Bertz CT molecular complexity index is 285. The lowest BCUT2D eigenvalue weighted by Crippen LogP contribution is -1.90. The lowest BCUT2D eigenvalue weighted by molar-refractivity contribution is 0.217. The van der Waals surface area contributed by atoms with Crippen LogP contribution in [0.2, 0.25) is 0 Å². The third-order valence-electron chi connectivity index (χ3n) is 1.60. The van der Waals surface area contributed by atoms with E-state index in [2.05, 4.69) is 5.75 Å². The second-order valence-corrected chi connectivity index (χ2v) is 3.19. The maximum absolute atomic E-state index is 9.29. The molecule has 2 rings (SSSR count). The van der Waals surface area contributed by atoms with Crippen molar-refractivity contribution in [3.05, 3.63) is 29.5 Å². The van der Waals surface area contributed by atoms with Gasteiger partial charge in [0.15, 0.2) is 0 Å². The van der Waals surface area contributed by atoms with Gasteiger partial charge in [0.05, 0.1) is 5.75 Å². The highest BCUT2D eigenvalue weighted by molar-refractivity contribution is 8.01. The fourth-order valence-corrected chi connectivity index (χ4v) is 1.90. The molecule has 2 N–H and O–H groups in total. The molecule has 11 heavy (non-hydrogen) atoms. The van der Waals surface area contributed by atoms with Crippen molar-refractivity contribution < 1.29 is 10.2 Å². The predicted molar refractivity (Wildman–Crippen MR) is 42.2 cm³/mol. The molecule has 1 aliphatic rings. The summed E-state index contributed by atoms with van der Waals surface area (Å²) in [7, 11) is 0. The van der Waals surface area contributed by atoms with Gasteiger partial charge >= 0.3 is 0 Å². The van der Waals surface area contributed by atoms with Crippen LogP contribution in [0.5, 0.6) is 5.75 Å². The zero-order valence-electron chi connectivity index (χ0n) is 5.61. The van der Waals surface area contributed by atoms with Gasteiger partial charge in [-0.2, -0.15) is 0 Å². The van der Waals surface area contributed by atoms with Crippen LogP contribution in [0.4, 0.5) is 0 Å². The van der Waals surface area contributed by atoms with Crippen molar-refractivity contribution in [3.8, 4) is 5.75 Å². The second-order valence-electron chi connectivity index (χ2n) is 2.31. The van der Waals surface area contributed by atoms with Crippen molar-refractivity contribution in [3.63, 3.8) is 0 Å². The molecular weight excluding hydrogens is 160 g/mol. The van der Waals surface area contributed by atoms with E-state index >= 15 is 0 Å². The summed E-state index contributed by atoms with van der Waals surface area (Å²) in [6.45, 7) is 0. The molecule has 1 unspecified atom stereocenters. The molecule has 0 bridgehead atoms. The molecular formula is C8H6O2S. The normalized spacial score (nSPS) is 21.7. The summed E-state index contributed by atoms with van der Waals surface area (Å²) in [5.74, 6) is 2.88. The minimum Gasteiger partial charge on any atom is -0.508 e. The SMILES string of the molecule is Oc1cccc2c1C(O)[C]S2. The van der Waals surface area contributed by atoms with Crippen LogP contribution in [-0.4, -0.2) is 10.2 Å². The number of thioether (sulfide) groups is 1. The van der Waals surface area contributed by atoms with Gasteiger partial charge in [-0.1, -0.05) is 6.07 Å². The molecule has 1 atom stereocenters. The first kappa shape index (κ1) is 7.00. The van der Waals surface area contributed by atoms with Crippen molar-refractivity contribution in [2.75, 3.05) is 0 Å². The lowest BCUT2D eigenvalue weighted by atomic mass is 10.1. The van der Waals surface area contributed by atoms with Crippen molar-refractivity contribution in [2.45, 2.75) is 11.0 Å². The number of aromatic hydroxyl groups is 1. The number of hydrogen-bond acceptors (Lipinski definition) is 3. The molecule has 1 aromatic carbocycles. The highest BCUT2D eigenvalue weighted by atomic mass is 32.2. The molecule has 0 saturated carbocycles. The fourth-order valence-electron chi connectivity index (χ4n) is 1.07. The number of aliphatic hydroxyl groups is 1. The maximum Gasteiger partial charge on any atom is 0.122 e. The van der Waals surface area contributed by atoms with Gasteiger partial charge < -0.3 is 10.2 Å². The van der Waals surface area contributed by atoms with Crippen LogP contribution in [0.25, 0.3) is 0 Å². The number of rotatable bonds is 0. The maximum atomic E-state index is 9.29. The average molecular weight is 166 g/mol. The third-order valence-corrected chi connectivity index (χ3v) is 2.51. The summed E-state index contributed by atoms with van der Waals surface area (Å²) in [4.78, 5) is 0.887. The van der Waals surface area contributed by atoms with Gasteiger partial charge in [0.2, 0.25) is 0 Å². The number of hydrogen-bond donors (Lipinski definition) is 2. The molecule has 3 heteroatoms. The molecule has 0 spiro atoms. The van der Waals surface area contributed by atoms with Crippen molar-refractivity contribution in [2.24, 2.45) is 0 Å². The van der Waals surface area contributed by atoms with Gasteiger partial charge in [0, 0.05) is 10.5 Å². The van der Waals surface area contributed by atoms with Crippen LogP contribution in [0.3, 0.4) is 0 Å². The van der Waals surface area contributed by atoms with E-state index in [9.17, 15) is 10.2 Å². The van der Waals surface area contributed by atoms with Gasteiger partial charge in [-0.3, -0.25) is 0 Å². The highest BCUT2D eigenvalue weighted by Crippen LogP contribution is 2.45. The standard InChI is InChI=1S/C8H6O2S/c9-5-2-1-3-7-8(5)6(10)4-11-7/h1-3,6,9-10H. The van der Waals surface area contributed by atoms with E-state index in [0.717, 1.165) is 4.90 Å². The largest absolute Gasteiger partial charge is 0.508 e.